The third-order valence-corrected chi connectivity index (χ3v) is 4.31. The molecule has 0 atom stereocenters. The third kappa shape index (κ3) is 3.09. The number of pyridine rings is 1. The van der Waals surface area contributed by atoms with Crippen molar-refractivity contribution in [3.05, 3.63) is 65.1 Å². The molecular formula is C19H16N6O3. The van der Waals surface area contributed by atoms with E-state index < -0.39 is 4.92 Å². The Bertz CT molecular complexity index is 1190. The van der Waals surface area contributed by atoms with E-state index in [4.69, 9.17) is 4.74 Å². The summed E-state index contributed by atoms with van der Waals surface area (Å²) in [6.07, 6.45) is 5.33. The Hall–Kier alpha value is -4.01. The average Bonchev–Trinajstić information content (AvgIpc) is 3.05. The molecule has 0 spiro atoms. The molecule has 3 heterocycles. The Morgan fingerprint density at radius 3 is 2.82 bits per heavy atom. The summed E-state index contributed by atoms with van der Waals surface area (Å²) in [5.74, 6) is 0.756. The summed E-state index contributed by atoms with van der Waals surface area (Å²) in [6.45, 7) is 0. The van der Waals surface area contributed by atoms with Gasteiger partial charge in [-0.15, -0.1) is 0 Å². The molecular weight excluding hydrogens is 360 g/mol. The van der Waals surface area contributed by atoms with Gasteiger partial charge in [-0.05, 0) is 24.3 Å². The van der Waals surface area contributed by atoms with Crippen LogP contribution in [0.1, 0.15) is 0 Å². The molecule has 4 aromatic rings. The van der Waals surface area contributed by atoms with Crippen molar-refractivity contribution in [2.75, 3.05) is 12.4 Å². The molecule has 0 aliphatic carbocycles. The molecule has 0 unspecified atom stereocenters. The predicted octanol–water partition coefficient (Wildman–Crippen LogP) is 3.69. The van der Waals surface area contributed by atoms with Crippen molar-refractivity contribution in [1.29, 1.82) is 0 Å². The van der Waals surface area contributed by atoms with Crippen LogP contribution in [0.4, 0.5) is 17.3 Å². The number of anilines is 2. The van der Waals surface area contributed by atoms with Crippen LogP contribution in [-0.4, -0.2) is 31.6 Å². The van der Waals surface area contributed by atoms with Gasteiger partial charge in [0.25, 0.3) is 5.69 Å². The number of aryl methyl sites for hydroxylation is 1. The summed E-state index contributed by atoms with van der Waals surface area (Å²) >= 11 is 0. The minimum atomic E-state index is -0.467. The van der Waals surface area contributed by atoms with Gasteiger partial charge in [0.2, 0.25) is 5.95 Å². The molecule has 3 aromatic heterocycles. The second kappa shape index (κ2) is 6.95. The number of hydrogen-bond donors (Lipinski definition) is 1. The van der Waals surface area contributed by atoms with Crippen LogP contribution in [0.25, 0.3) is 22.3 Å². The van der Waals surface area contributed by atoms with Gasteiger partial charge in [0.1, 0.15) is 11.4 Å². The van der Waals surface area contributed by atoms with E-state index in [1.165, 1.54) is 25.3 Å². The van der Waals surface area contributed by atoms with E-state index in [1.807, 2.05) is 29.9 Å². The van der Waals surface area contributed by atoms with Crippen molar-refractivity contribution in [2.24, 2.45) is 7.05 Å². The molecule has 1 N–H and O–H groups in total. The molecule has 28 heavy (non-hydrogen) atoms. The maximum atomic E-state index is 11.1. The zero-order valence-electron chi connectivity index (χ0n) is 15.2. The molecule has 0 fully saturated rings. The third-order valence-electron chi connectivity index (χ3n) is 4.31. The Labute approximate surface area is 159 Å². The standard InChI is InChI=1S/C19H16N6O3/c1-24-11-14(13-4-3-8-20-18(13)24)15-7-9-21-19(22-15)23-16-10-12(25(26)27)5-6-17(16)28-2/h3-11H,1-2H3,(H,21,22,23). The first-order chi connectivity index (χ1) is 13.6. The van der Waals surface area contributed by atoms with Crippen LogP contribution < -0.4 is 10.1 Å². The molecule has 140 valence electrons. The molecule has 9 nitrogen and oxygen atoms in total. The van der Waals surface area contributed by atoms with E-state index in [1.54, 1.807) is 18.5 Å². The number of hydrogen-bond acceptors (Lipinski definition) is 7. The van der Waals surface area contributed by atoms with Crippen molar-refractivity contribution in [3.63, 3.8) is 0 Å². The quantitative estimate of drug-likeness (QED) is 0.418. The summed E-state index contributed by atoms with van der Waals surface area (Å²) in [5, 5.41) is 15.1. The molecule has 0 saturated carbocycles. The van der Waals surface area contributed by atoms with Gasteiger partial charge in [0.05, 0.1) is 23.4 Å². The second-order valence-electron chi connectivity index (χ2n) is 6.06. The van der Waals surface area contributed by atoms with Crippen LogP contribution in [0, 0.1) is 10.1 Å². The van der Waals surface area contributed by atoms with E-state index in [2.05, 4.69) is 20.3 Å². The number of nitro benzene ring substituents is 1. The topological polar surface area (TPSA) is 108 Å². The maximum absolute atomic E-state index is 11.1. The number of nitrogens with one attached hydrogen (secondary N) is 1. The molecule has 0 radical (unpaired) electrons. The van der Waals surface area contributed by atoms with Crippen molar-refractivity contribution in [3.8, 4) is 17.0 Å². The summed E-state index contributed by atoms with van der Waals surface area (Å²) in [5.41, 5.74) is 2.83. The van der Waals surface area contributed by atoms with Crippen molar-refractivity contribution in [2.45, 2.75) is 0 Å². The highest BCUT2D eigenvalue weighted by Crippen LogP contribution is 2.32. The second-order valence-corrected chi connectivity index (χ2v) is 6.06. The fraction of sp³-hybridized carbons (Fsp3) is 0.105. The Morgan fingerprint density at radius 2 is 2.04 bits per heavy atom. The van der Waals surface area contributed by atoms with E-state index in [0.717, 1.165) is 16.6 Å². The highest BCUT2D eigenvalue weighted by molar-refractivity contribution is 5.93. The number of nitrogens with zero attached hydrogens (tertiary/aromatic N) is 5. The summed E-state index contributed by atoms with van der Waals surface area (Å²) in [4.78, 5) is 23.8. The zero-order chi connectivity index (χ0) is 19.7. The minimum Gasteiger partial charge on any atom is -0.495 e. The van der Waals surface area contributed by atoms with Gasteiger partial charge in [-0.2, -0.15) is 0 Å². The van der Waals surface area contributed by atoms with Crippen LogP contribution in [0.15, 0.2) is 55.0 Å². The van der Waals surface area contributed by atoms with Crippen LogP contribution >= 0.6 is 0 Å². The molecule has 0 amide bonds. The number of aromatic nitrogens is 4. The first-order valence-electron chi connectivity index (χ1n) is 8.40. The molecule has 0 bridgehead atoms. The van der Waals surface area contributed by atoms with Gasteiger partial charge < -0.3 is 14.6 Å². The monoisotopic (exact) mass is 376 g/mol. The lowest BCUT2D eigenvalue weighted by molar-refractivity contribution is -0.384. The van der Waals surface area contributed by atoms with Crippen LogP contribution in [0.5, 0.6) is 5.75 Å². The normalized spacial score (nSPS) is 10.8. The number of non-ortho nitro benzene ring substituents is 1. The smallest absolute Gasteiger partial charge is 0.271 e. The van der Waals surface area contributed by atoms with Crippen LogP contribution in [-0.2, 0) is 7.05 Å². The highest BCUT2D eigenvalue weighted by atomic mass is 16.6. The van der Waals surface area contributed by atoms with Crippen molar-refractivity contribution >= 4 is 28.4 Å². The Kier molecular flexibility index (Phi) is 4.32. The van der Waals surface area contributed by atoms with Crippen LogP contribution in [0.2, 0.25) is 0 Å². The first-order valence-corrected chi connectivity index (χ1v) is 8.40. The van der Waals surface area contributed by atoms with E-state index in [-0.39, 0.29) is 5.69 Å². The molecule has 4 rings (SSSR count). The molecule has 9 heteroatoms. The average molecular weight is 376 g/mol. The lowest BCUT2D eigenvalue weighted by Crippen LogP contribution is -2.01. The summed E-state index contributed by atoms with van der Waals surface area (Å²) in [6, 6.07) is 9.95. The Morgan fingerprint density at radius 1 is 1.18 bits per heavy atom. The maximum Gasteiger partial charge on any atom is 0.271 e. The molecule has 1 aromatic carbocycles. The lowest BCUT2D eigenvalue weighted by Gasteiger charge is -2.10. The number of methoxy groups -OCH3 is 1. The molecule has 0 saturated heterocycles. The number of ether oxygens (including phenoxy) is 1. The largest absolute Gasteiger partial charge is 0.495 e. The zero-order valence-corrected chi connectivity index (χ0v) is 15.2. The lowest BCUT2D eigenvalue weighted by atomic mass is 10.1. The minimum absolute atomic E-state index is 0.0559. The van der Waals surface area contributed by atoms with E-state index in [9.17, 15) is 10.1 Å². The SMILES string of the molecule is COc1ccc([N+](=O)[O-])cc1Nc1nccc(-c2cn(C)c3ncccc23)n1. The predicted molar refractivity (Wildman–Crippen MR) is 105 cm³/mol. The summed E-state index contributed by atoms with van der Waals surface area (Å²) in [7, 11) is 3.42. The number of benzene rings is 1. The van der Waals surface area contributed by atoms with E-state index >= 15 is 0 Å². The fourth-order valence-electron chi connectivity index (χ4n) is 3.01. The number of rotatable bonds is 5. The van der Waals surface area contributed by atoms with Gasteiger partial charge in [0, 0.05) is 48.7 Å². The number of fused-ring (bicyclic) bond motifs is 1. The van der Waals surface area contributed by atoms with Crippen molar-refractivity contribution < 1.29 is 9.66 Å². The van der Waals surface area contributed by atoms with Gasteiger partial charge in [0.15, 0.2) is 0 Å². The fourth-order valence-corrected chi connectivity index (χ4v) is 3.01. The first kappa shape index (κ1) is 17.4. The highest BCUT2D eigenvalue weighted by Gasteiger charge is 2.14. The van der Waals surface area contributed by atoms with Crippen molar-refractivity contribution in [1.82, 2.24) is 19.5 Å². The number of nitro groups is 1. The van der Waals surface area contributed by atoms with E-state index in [0.29, 0.717) is 23.1 Å². The Balaban J connectivity index is 1.74. The van der Waals surface area contributed by atoms with Gasteiger partial charge in [-0.1, -0.05) is 0 Å². The molecule has 0 aliphatic heterocycles. The van der Waals surface area contributed by atoms with Gasteiger partial charge >= 0.3 is 0 Å². The van der Waals surface area contributed by atoms with Gasteiger partial charge in [-0.3, -0.25) is 10.1 Å². The summed E-state index contributed by atoms with van der Waals surface area (Å²) < 4.78 is 7.21. The van der Waals surface area contributed by atoms with Gasteiger partial charge in [-0.25, -0.2) is 15.0 Å². The molecule has 0 aliphatic rings. The van der Waals surface area contributed by atoms with Crippen LogP contribution in [0.3, 0.4) is 0 Å².